The van der Waals surface area contributed by atoms with Crippen molar-refractivity contribution in [2.24, 2.45) is 0 Å². The lowest BCUT2D eigenvalue weighted by Crippen LogP contribution is -2.25. The van der Waals surface area contributed by atoms with E-state index in [1.165, 1.54) is 0 Å². The topological polar surface area (TPSA) is 71.5 Å². The van der Waals surface area contributed by atoms with E-state index in [0.29, 0.717) is 5.75 Å². The first kappa shape index (κ1) is 13.1. The summed E-state index contributed by atoms with van der Waals surface area (Å²) in [7, 11) is 1.59. The molecular formula is C14H16N2O3. The van der Waals surface area contributed by atoms with E-state index in [4.69, 9.17) is 9.84 Å². The molecule has 0 bridgehead atoms. The van der Waals surface area contributed by atoms with Crippen LogP contribution in [0.5, 0.6) is 5.75 Å². The predicted molar refractivity (Wildman–Crippen MR) is 73.8 cm³/mol. The van der Waals surface area contributed by atoms with E-state index in [9.17, 15) is 4.79 Å². The molecule has 0 unspecified atom stereocenters. The molecule has 0 fully saturated rings. The van der Waals surface area contributed by atoms with Crippen molar-refractivity contribution in [2.75, 3.05) is 12.4 Å². The standard InChI is InChI=1S/C14H16N2O3/c1-8-7-11(16-9(2)14(17)18)10-5-4-6-12(19-3)13(10)15-8/h4-7,9H,1-3H3,(H,15,16)(H,17,18)/t9-/m1/s1. The molecule has 2 rings (SSSR count). The van der Waals surface area contributed by atoms with Gasteiger partial charge in [-0.05, 0) is 26.0 Å². The number of anilines is 1. The van der Waals surface area contributed by atoms with Crippen molar-refractivity contribution in [3.8, 4) is 5.75 Å². The van der Waals surface area contributed by atoms with Crippen LogP contribution < -0.4 is 10.1 Å². The molecule has 0 amide bonds. The molecule has 0 aliphatic carbocycles. The molecule has 0 saturated heterocycles. The molecule has 0 saturated carbocycles. The van der Waals surface area contributed by atoms with Gasteiger partial charge in [-0.1, -0.05) is 12.1 Å². The summed E-state index contributed by atoms with van der Waals surface area (Å²) >= 11 is 0. The number of hydrogen-bond donors (Lipinski definition) is 2. The number of aromatic nitrogens is 1. The largest absolute Gasteiger partial charge is 0.494 e. The van der Waals surface area contributed by atoms with Crippen molar-refractivity contribution in [3.05, 3.63) is 30.0 Å². The quantitative estimate of drug-likeness (QED) is 0.883. The van der Waals surface area contributed by atoms with Gasteiger partial charge >= 0.3 is 5.97 Å². The average molecular weight is 260 g/mol. The predicted octanol–water partition coefficient (Wildman–Crippen LogP) is 2.44. The van der Waals surface area contributed by atoms with E-state index in [-0.39, 0.29) is 0 Å². The van der Waals surface area contributed by atoms with Crippen molar-refractivity contribution in [3.63, 3.8) is 0 Å². The summed E-state index contributed by atoms with van der Waals surface area (Å²) in [6, 6.07) is 6.74. The molecule has 1 heterocycles. The van der Waals surface area contributed by atoms with E-state index >= 15 is 0 Å². The minimum absolute atomic E-state index is 0.670. The number of nitrogens with zero attached hydrogens (tertiary/aromatic N) is 1. The zero-order valence-corrected chi connectivity index (χ0v) is 11.1. The van der Waals surface area contributed by atoms with Crippen molar-refractivity contribution >= 4 is 22.6 Å². The summed E-state index contributed by atoms with van der Waals surface area (Å²) in [4.78, 5) is 15.4. The van der Waals surface area contributed by atoms with Crippen molar-refractivity contribution in [2.45, 2.75) is 19.9 Å². The minimum atomic E-state index is -0.898. The molecule has 0 aliphatic rings. The van der Waals surface area contributed by atoms with Crippen molar-refractivity contribution < 1.29 is 14.6 Å². The van der Waals surface area contributed by atoms with Gasteiger partial charge < -0.3 is 15.2 Å². The zero-order chi connectivity index (χ0) is 14.0. The van der Waals surface area contributed by atoms with Gasteiger partial charge in [-0.25, -0.2) is 4.98 Å². The monoisotopic (exact) mass is 260 g/mol. The number of benzene rings is 1. The second-order valence-electron chi connectivity index (χ2n) is 4.37. The third-order valence-corrected chi connectivity index (χ3v) is 2.89. The van der Waals surface area contributed by atoms with Crippen LogP contribution in [0.2, 0.25) is 0 Å². The second-order valence-corrected chi connectivity index (χ2v) is 4.37. The van der Waals surface area contributed by atoms with Crippen LogP contribution in [0.3, 0.4) is 0 Å². The van der Waals surface area contributed by atoms with Gasteiger partial charge in [0.1, 0.15) is 17.3 Å². The number of carbonyl (C=O) groups is 1. The Labute approximate surface area is 111 Å². The summed E-state index contributed by atoms with van der Waals surface area (Å²) in [6.07, 6.45) is 0. The fourth-order valence-corrected chi connectivity index (χ4v) is 1.93. The number of carboxylic acids is 1. The van der Waals surface area contributed by atoms with Gasteiger partial charge in [0.05, 0.1) is 7.11 Å². The lowest BCUT2D eigenvalue weighted by Gasteiger charge is -2.15. The Balaban J connectivity index is 2.57. The maximum absolute atomic E-state index is 10.9. The van der Waals surface area contributed by atoms with Crippen LogP contribution in [-0.2, 0) is 4.79 Å². The maximum Gasteiger partial charge on any atom is 0.325 e. The number of aryl methyl sites for hydroxylation is 1. The third kappa shape index (κ3) is 2.59. The normalized spacial score (nSPS) is 12.2. The number of rotatable bonds is 4. The lowest BCUT2D eigenvalue weighted by atomic mass is 10.1. The molecule has 2 N–H and O–H groups in total. The number of pyridine rings is 1. The fourth-order valence-electron chi connectivity index (χ4n) is 1.93. The Morgan fingerprint density at radius 2 is 2.21 bits per heavy atom. The van der Waals surface area contributed by atoms with Gasteiger partial charge in [-0.3, -0.25) is 4.79 Å². The van der Waals surface area contributed by atoms with Crippen molar-refractivity contribution in [1.82, 2.24) is 4.98 Å². The first-order valence-electron chi connectivity index (χ1n) is 5.96. The van der Waals surface area contributed by atoms with Crippen LogP contribution in [0.15, 0.2) is 24.3 Å². The Bertz CT molecular complexity index is 625. The third-order valence-electron chi connectivity index (χ3n) is 2.89. The smallest absolute Gasteiger partial charge is 0.325 e. The van der Waals surface area contributed by atoms with E-state index < -0.39 is 12.0 Å². The van der Waals surface area contributed by atoms with E-state index in [1.807, 2.05) is 31.2 Å². The first-order chi connectivity index (χ1) is 9.02. The number of fused-ring (bicyclic) bond motifs is 1. The van der Waals surface area contributed by atoms with Crippen LogP contribution in [0.1, 0.15) is 12.6 Å². The Kier molecular flexibility index (Phi) is 3.55. The molecule has 2 aromatic rings. The van der Waals surface area contributed by atoms with E-state index in [0.717, 1.165) is 22.3 Å². The van der Waals surface area contributed by atoms with Crippen LogP contribution in [0, 0.1) is 6.92 Å². The summed E-state index contributed by atoms with van der Waals surface area (Å²) in [5.74, 6) is -0.224. The lowest BCUT2D eigenvalue weighted by molar-refractivity contribution is -0.137. The molecular weight excluding hydrogens is 244 g/mol. The molecule has 0 aliphatic heterocycles. The molecule has 100 valence electrons. The number of hydrogen-bond acceptors (Lipinski definition) is 4. The molecule has 0 spiro atoms. The summed E-state index contributed by atoms with van der Waals surface area (Å²) in [5, 5.41) is 12.8. The molecule has 1 aromatic heterocycles. The molecule has 1 atom stereocenters. The summed E-state index contributed by atoms with van der Waals surface area (Å²) < 4.78 is 5.28. The highest BCUT2D eigenvalue weighted by Gasteiger charge is 2.14. The summed E-state index contributed by atoms with van der Waals surface area (Å²) in [6.45, 7) is 3.46. The van der Waals surface area contributed by atoms with Gasteiger partial charge in [0.25, 0.3) is 0 Å². The molecule has 5 heteroatoms. The Morgan fingerprint density at radius 3 is 2.84 bits per heavy atom. The zero-order valence-electron chi connectivity index (χ0n) is 11.1. The Hall–Kier alpha value is -2.30. The van der Waals surface area contributed by atoms with Gasteiger partial charge in [0.15, 0.2) is 0 Å². The van der Waals surface area contributed by atoms with Crippen LogP contribution in [0.25, 0.3) is 10.9 Å². The molecule has 0 radical (unpaired) electrons. The fraction of sp³-hybridized carbons (Fsp3) is 0.286. The minimum Gasteiger partial charge on any atom is -0.494 e. The number of carboxylic acid groups (broad SMARTS) is 1. The molecule has 19 heavy (non-hydrogen) atoms. The van der Waals surface area contributed by atoms with Gasteiger partial charge in [0.2, 0.25) is 0 Å². The summed E-state index contributed by atoms with van der Waals surface area (Å²) in [5.41, 5.74) is 2.28. The highest BCUT2D eigenvalue weighted by atomic mass is 16.5. The number of nitrogens with one attached hydrogen (secondary N) is 1. The number of para-hydroxylation sites is 1. The van der Waals surface area contributed by atoms with Gasteiger partial charge in [0, 0.05) is 16.8 Å². The first-order valence-corrected chi connectivity index (χ1v) is 5.96. The number of ether oxygens (including phenoxy) is 1. The van der Waals surface area contributed by atoms with Crippen LogP contribution >= 0.6 is 0 Å². The van der Waals surface area contributed by atoms with Crippen molar-refractivity contribution in [1.29, 1.82) is 0 Å². The Morgan fingerprint density at radius 1 is 1.47 bits per heavy atom. The molecule has 1 aromatic carbocycles. The average Bonchev–Trinajstić information content (AvgIpc) is 2.37. The highest BCUT2D eigenvalue weighted by Crippen LogP contribution is 2.30. The van der Waals surface area contributed by atoms with Gasteiger partial charge in [-0.15, -0.1) is 0 Å². The number of methoxy groups -OCH3 is 1. The SMILES string of the molecule is COc1cccc2c(N[C@H](C)C(=O)O)cc(C)nc12. The molecule has 5 nitrogen and oxygen atoms in total. The number of aliphatic carboxylic acids is 1. The van der Waals surface area contributed by atoms with Gasteiger partial charge in [-0.2, -0.15) is 0 Å². The maximum atomic E-state index is 10.9. The van der Waals surface area contributed by atoms with Crippen LogP contribution in [-0.4, -0.2) is 29.2 Å². The second kappa shape index (κ2) is 5.14. The van der Waals surface area contributed by atoms with E-state index in [2.05, 4.69) is 10.3 Å². The highest BCUT2D eigenvalue weighted by molar-refractivity contribution is 5.96. The van der Waals surface area contributed by atoms with E-state index in [1.54, 1.807) is 14.0 Å². The van der Waals surface area contributed by atoms with Crippen LogP contribution in [0.4, 0.5) is 5.69 Å².